The van der Waals surface area contributed by atoms with Crippen molar-refractivity contribution in [2.45, 2.75) is 37.4 Å². The van der Waals surface area contributed by atoms with Gasteiger partial charge in [-0.3, -0.25) is 4.98 Å². The molecule has 2 atom stereocenters. The fourth-order valence-corrected chi connectivity index (χ4v) is 4.99. The van der Waals surface area contributed by atoms with Crippen LogP contribution in [0.5, 0.6) is 0 Å². The molecule has 2 aliphatic heterocycles. The number of hydrogen-bond donors (Lipinski definition) is 1. The zero-order chi connectivity index (χ0) is 14.0. The van der Waals surface area contributed by atoms with Crippen LogP contribution >= 0.6 is 27.7 Å². The first-order valence-electron chi connectivity index (χ1n) is 7.20. The van der Waals surface area contributed by atoms with E-state index in [1.165, 1.54) is 11.5 Å². The van der Waals surface area contributed by atoms with E-state index in [1.54, 1.807) is 6.20 Å². The molecule has 0 amide bonds. The highest BCUT2D eigenvalue weighted by Crippen LogP contribution is 2.43. The van der Waals surface area contributed by atoms with Crippen molar-refractivity contribution in [2.24, 2.45) is 5.92 Å². The van der Waals surface area contributed by atoms with Crippen molar-refractivity contribution < 1.29 is 9.84 Å². The van der Waals surface area contributed by atoms with E-state index in [-0.39, 0.29) is 11.5 Å². The van der Waals surface area contributed by atoms with E-state index in [4.69, 9.17) is 4.74 Å². The van der Waals surface area contributed by atoms with Gasteiger partial charge in [0.2, 0.25) is 0 Å². The molecule has 3 nitrogen and oxygen atoms in total. The summed E-state index contributed by atoms with van der Waals surface area (Å²) in [6.07, 6.45) is 5.35. The van der Waals surface area contributed by atoms with E-state index in [9.17, 15) is 5.11 Å². The second-order valence-electron chi connectivity index (χ2n) is 5.71. The molecule has 0 saturated carbocycles. The highest BCUT2D eigenvalue weighted by molar-refractivity contribution is 9.10. The normalized spacial score (nSPS) is 27.4. The van der Waals surface area contributed by atoms with E-state index in [1.807, 2.05) is 23.9 Å². The zero-order valence-corrected chi connectivity index (χ0v) is 13.8. The number of thioether (sulfide) groups is 1. The van der Waals surface area contributed by atoms with E-state index >= 15 is 0 Å². The molecule has 1 aromatic heterocycles. The molecule has 0 aliphatic carbocycles. The van der Waals surface area contributed by atoms with Crippen LogP contribution in [0.15, 0.2) is 22.8 Å². The van der Waals surface area contributed by atoms with Gasteiger partial charge in [0.1, 0.15) is 6.10 Å². The van der Waals surface area contributed by atoms with Gasteiger partial charge < -0.3 is 9.84 Å². The van der Waals surface area contributed by atoms with E-state index < -0.39 is 6.10 Å². The molecule has 3 rings (SSSR count). The number of pyridine rings is 1. The van der Waals surface area contributed by atoms with Crippen molar-refractivity contribution in [1.29, 1.82) is 0 Å². The van der Waals surface area contributed by atoms with Crippen LogP contribution in [0.1, 0.15) is 37.5 Å². The fourth-order valence-electron chi connectivity index (χ4n) is 3.27. The number of nitrogens with zero attached hydrogens (tertiary/aromatic N) is 1. The predicted octanol–water partition coefficient (Wildman–Crippen LogP) is 3.57. The van der Waals surface area contributed by atoms with Crippen LogP contribution in [0, 0.1) is 5.92 Å². The number of ether oxygens (including phenoxy) is 1. The number of aromatic nitrogens is 1. The van der Waals surface area contributed by atoms with E-state index in [0.29, 0.717) is 0 Å². The second-order valence-corrected chi connectivity index (χ2v) is 7.79. The number of rotatable bonds is 2. The summed E-state index contributed by atoms with van der Waals surface area (Å²) >= 11 is 5.50. The van der Waals surface area contributed by atoms with E-state index in [0.717, 1.165) is 42.5 Å². The molecule has 2 unspecified atom stereocenters. The summed E-state index contributed by atoms with van der Waals surface area (Å²) in [6.45, 7) is 0.761. The van der Waals surface area contributed by atoms with Crippen LogP contribution in [0.3, 0.4) is 0 Å². The molecule has 3 heterocycles. The minimum atomic E-state index is -0.499. The monoisotopic (exact) mass is 357 g/mol. The summed E-state index contributed by atoms with van der Waals surface area (Å²) in [6, 6.07) is 3.82. The molecule has 2 saturated heterocycles. The molecule has 0 aromatic carbocycles. The predicted molar refractivity (Wildman–Crippen MR) is 84.9 cm³/mol. The number of hydrogen-bond acceptors (Lipinski definition) is 4. The maximum absolute atomic E-state index is 10.7. The zero-order valence-electron chi connectivity index (χ0n) is 11.4. The Bertz CT molecular complexity index is 459. The largest absolute Gasteiger partial charge is 0.386 e. The Morgan fingerprint density at radius 1 is 1.45 bits per heavy atom. The first-order valence-corrected chi connectivity index (χ1v) is 9.15. The van der Waals surface area contributed by atoms with Gasteiger partial charge in [-0.05, 0) is 71.2 Å². The summed E-state index contributed by atoms with van der Waals surface area (Å²) in [5, 5.41) is 10.7. The average Bonchev–Trinajstić information content (AvgIpc) is 2.48. The molecular weight excluding hydrogens is 338 g/mol. The van der Waals surface area contributed by atoms with Crippen molar-refractivity contribution in [2.75, 3.05) is 18.1 Å². The molecule has 0 bridgehead atoms. The van der Waals surface area contributed by atoms with Gasteiger partial charge in [-0.15, -0.1) is 0 Å². The summed E-state index contributed by atoms with van der Waals surface area (Å²) in [4.78, 5) is 4.35. The van der Waals surface area contributed by atoms with Crippen LogP contribution < -0.4 is 0 Å². The summed E-state index contributed by atoms with van der Waals surface area (Å²) in [7, 11) is 0. The lowest BCUT2D eigenvalue weighted by atomic mass is 9.79. The maximum atomic E-state index is 10.7. The van der Waals surface area contributed by atoms with Gasteiger partial charge in [0.25, 0.3) is 0 Å². The Balaban J connectivity index is 1.75. The third-order valence-electron chi connectivity index (χ3n) is 4.45. The number of aliphatic hydroxyl groups is 1. The number of halogens is 1. The minimum Gasteiger partial charge on any atom is -0.386 e. The van der Waals surface area contributed by atoms with Gasteiger partial charge in [0.05, 0.1) is 11.3 Å². The van der Waals surface area contributed by atoms with Crippen LogP contribution in [0.4, 0.5) is 0 Å². The Hall–Kier alpha value is -0.100. The Kier molecular flexibility index (Phi) is 4.70. The molecule has 20 heavy (non-hydrogen) atoms. The van der Waals surface area contributed by atoms with Gasteiger partial charge in [0.15, 0.2) is 0 Å². The fraction of sp³-hybridized carbons (Fsp3) is 0.667. The molecule has 1 aromatic rings. The Morgan fingerprint density at radius 2 is 2.25 bits per heavy atom. The molecule has 0 radical (unpaired) electrons. The topological polar surface area (TPSA) is 42.4 Å². The third-order valence-corrected chi connectivity index (χ3v) is 6.10. The highest BCUT2D eigenvalue weighted by atomic mass is 79.9. The lowest BCUT2D eigenvalue weighted by Gasteiger charge is -2.44. The minimum absolute atomic E-state index is 0.0103. The molecular formula is C15H20BrNO2S. The first kappa shape index (κ1) is 14.8. The summed E-state index contributed by atoms with van der Waals surface area (Å²) < 4.78 is 6.99. The lowest BCUT2D eigenvalue weighted by molar-refractivity contribution is -0.121. The number of aliphatic hydroxyl groups excluding tert-OH is 1. The quantitative estimate of drug-likeness (QED) is 0.878. The Labute approximate surface area is 132 Å². The molecule has 1 spiro atoms. The second kappa shape index (κ2) is 6.34. The van der Waals surface area contributed by atoms with Gasteiger partial charge >= 0.3 is 0 Å². The smallest absolute Gasteiger partial charge is 0.100 e. The van der Waals surface area contributed by atoms with Crippen LogP contribution in [-0.2, 0) is 4.74 Å². The van der Waals surface area contributed by atoms with Crippen LogP contribution in [0.2, 0.25) is 0 Å². The molecule has 1 N–H and O–H groups in total. The Morgan fingerprint density at radius 3 is 3.00 bits per heavy atom. The first-order chi connectivity index (χ1) is 9.70. The SMILES string of the molecule is OC(c1ncccc1Br)C1CCOC2(CCSCC2)C1. The van der Waals surface area contributed by atoms with Gasteiger partial charge in [-0.2, -0.15) is 11.8 Å². The van der Waals surface area contributed by atoms with Crippen molar-refractivity contribution >= 4 is 27.7 Å². The maximum Gasteiger partial charge on any atom is 0.100 e. The molecule has 2 fully saturated rings. The standard InChI is InChI=1S/C15H20BrNO2S/c16-12-2-1-6-17-13(12)14(18)11-3-7-19-15(10-11)4-8-20-9-5-15/h1-2,6,11,14,18H,3-5,7-10H2. The van der Waals surface area contributed by atoms with E-state index in [2.05, 4.69) is 20.9 Å². The molecule has 2 aliphatic rings. The van der Waals surface area contributed by atoms with Crippen LogP contribution in [-0.4, -0.2) is 33.8 Å². The lowest BCUT2D eigenvalue weighted by Crippen LogP contribution is -2.44. The van der Waals surface area contributed by atoms with Gasteiger partial charge in [0, 0.05) is 17.3 Å². The van der Waals surface area contributed by atoms with Crippen LogP contribution in [0.25, 0.3) is 0 Å². The highest BCUT2D eigenvalue weighted by Gasteiger charge is 2.41. The average molecular weight is 358 g/mol. The summed E-state index contributed by atoms with van der Waals surface area (Å²) in [5.41, 5.74) is 0.774. The van der Waals surface area contributed by atoms with Gasteiger partial charge in [-0.25, -0.2) is 0 Å². The van der Waals surface area contributed by atoms with Crippen molar-refractivity contribution in [1.82, 2.24) is 4.98 Å². The van der Waals surface area contributed by atoms with Gasteiger partial charge in [-0.1, -0.05) is 0 Å². The van der Waals surface area contributed by atoms with Crippen molar-refractivity contribution in [3.05, 3.63) is 28.5 Å². The third kappa shape index (κ3) is 3.06. The molecule has 5 heteroatoms. The van der Waals surface area contributed by atoms with Crippen molar-refractivity contribution in [3.63, 3.8) is 0 Å². The summed E-state index contributed by atoms with van der Waals surface area (Å²) in [5.74, 6) is 2.60. The van der Waals surface area contributed by atoms with Crippen molar-refractivity contribution in [3.8, 4) is 0 Å². The molecule has 110 valence electrons.